The third kappa shape index (κ3) is 5.21. The smallest absolute Gasteiger partial charge is 0.406 e. The number of benzene rings is 2. The molecule has 2 aromatic carbocycles. The summed E-state index contributed by atoms with van der Waals surface area (Å²) in [5.74, 6) is -0.275. The van der Waals surface area contributed by atoms with E-state index in [9.17, 15) is 13.2 Å². The molecule has 24 heavy (non-hydrogen) atoms. The molecule has 124 valence electrons. The lowest BCUT2D eigenvalue weighted by Crippen LogP contribution is -2.16. The van der Waals surface area contributed by atoms with Crippen LogP contribution in [0.3, 0.4) is 0 Å². The summed E-state index contributed by atoms with van der Waals surface area (Å²) in [7, 11) is 0. The fourth-order valence-corrected chi connectivity index (χ4v) is 2.24. The van der Waals surface area contributed by atoms with Crippen LogP contribution in [0.15, 0.2) is 53.5 Å². The Bertz CT molecular complexity index is 767. The molecule has 0 aliphatic heterocycles. The zero-order chi connectivity index (χ0) is 17.6. The van der Waals surface area contributed by atoms with E-state index in [2.05, 4.69) is 15.0 Å². The fourth-order valence-electron chi connectivity index (χ4n) is 1.89. The standard InChI is InChI=1S/C16H12F3N3OS/c1-24-15(21-10-20)22-13-4-2-3-12(9-13)11-5-7-14(8-6-11)23-16(17,18)19/h2-9H,1H3,(H,21,22). The Morgan fingerprint density at radius 1 is 1.17 bits per heavy atom. The minimum atomic E-state index is -4.71. The summed E-state index contributed by atoms with van der Waals surface area (Å²) in [4.78, 5) is 4.29. The van der Waals surface area contributed by atoms with Gasteiger partial charge in [0.1, 0.15) is 5.75 Å². The van der Waals surface area contributed by atoms with Crippen molar-refractivity contribution in [2.45, 2.75) is 6.36 Å². The maximum absolute atomic E-state index is 12.2. The van der Waals surface area contributed by atoms with Crippen molar-refractivity contribution >= 4 is 22.6 Å². The first kappa shape index (κ1) is 17.7. The SMILES string of the molecule is CSC(=Nc1cccc(-c2ccc(OC(F)(F)F)cc2)c1)NC#N. The molecule has 0 heterocycles. The second kappa shape index (κ2) is 7.75. The number of nitrogens with zero attached hydrogens (tertiary/aromatic N) is 2. The predicted molar refractivity (Wildman–Crippen MR) is 87.9 cm³/mol. The van der Waals surface area contributed by atoms with Gasteiger partial charge in [0.25, 0.3) is 0 Å². The number of hydrogen-bond acceptors (Lipinski definition) is 4. The molecule has 0 saturated heterocycles. The summed E-state index contributed by atoms with van der Waals surface area (Å²) in [5.41, 5.74) is 2.13. The quantitative estimate of drug-likeness (QED) is 0.378. The van der Waals surface area contributed by atoms with Gasteiger partial charge in [0.15, 0.2) is 11.4 Å². The lowest BCUT2D eigenvalue weighted by atomic mass is 10.1. The molecular weight excluding hydrogens is 339 g/mol. The van der Waals surface area contributed by atoms with Crippen molar-refractivity contribution in [3.8, 4) is 23.1 Å². The Morgan fingerprint density at radius 3 is 2.46 bits per heavy atom. The van der Waals surface area contributed by atoms with Gasteiger partial charge in [0, 0.05) is 0 Å². The number of nitriles is 1. The van der Waals surface area contributed by atoms with Crippen LogP contribution in [0, 0.1) is 11.5 Å². The zero-order valence-electron chi connectivity index (χ0n) is 12.5. The highest BCUT2D eigenvalue weighted by atomic mass is 32.2. The van der Waals surface area contributed by atoms with Gasteiger partial charge < -0.3 is 4.74 Å². The molecule has 1 N–H and O–H groups in total. The largest absolute Gasteiger partial charge is 0.573 e. The minimum Gasteiger partial charge on any atom is -0.406 e. The van der Waals surface area contributed by atoms with E-state index in [0.29, 0.717) is 10.9 Å². The number of hydrogen-bond donors (Lipinski definition) is 1. The molecule has 0 aliphatic rings. The van der Waals surface area contributed by atoms with Gasteiger partial charge >= 0.3 is 6.36 Å². The highest BCUT2D eigenvalue weighted by molar-refractivity contribution is 8.13. The number of aliphatic imine (C=N–C) groups is 1. The third-order valence-corrected chi connectivity index (χ3v) is 3.43. The van der Waals surface area contributed by atoms with Crippen molar-refractivity contribution < 1.29 is 17.9 Å². The summed E-state index contributed by atoms with van der Waals surface area (Å²) in [5, 5.41) is 11.6. The summed E-state index contributed by atoms with van der Waals surface area (Å²) < 4.78 is 40.4. The summed E-state index contributed by atoms with van der Waals surface area (Å²) >= 11 is 1.29. The highest BCUT2D eigenvalue weighted by Gasteiger charge is 2.30. The third-order valence-electron chi connectivity index (χ3n) is 2.85. The second-order valence-corrected chi connectivity index (χ2v) is 5.28. The van der Waals surface area contributed by atoms with E-state index < -0.39 is 6.36 Å². The summed E-state index contributed by atoms with van der Waals surface area (Å²) in [6, 6.07) is 12.7. The van der Waals surface area contributed by atoms with E-state index >= 15 is 0 Å². The van der Waals surface area contributed by atoms with Gasteiger partial charge in [-0.05, 0) is 41.6 Å². The molecule has 0 radical (unpaired) electrons. The molecular formula is C16H12F3N3OS. The van der Waals surface area contributed by atoms with Gasteiger partial charge in [-0.1, -0.05) is 36.0 Å². The van der Waals surface area contributed by atoms with E-state index in [1.807, 2.05) is 6.07 Å². The van der Waals surface area contributed by atoms with E-state index in [1.165, 1.54) is 36.0 Å². The molecule has 0 spiro atoms. The molecule has 2 aromatic rings. The van der Waals surface area contributed by atoms with Crippen molar-refractivity contribution in [1.82, 2.24) is 5.32 Å². The van der Waals surface area contributed by atoms with Crippen LogP contribution in [-0.2, 0) is 0 Å². The predicted octanol–water partition coefficient (Wildman–Crippen LogP) is 4.67. The molecule has 0 aliphatic carbocycles. The Morgan fingerprint density at radius 2 is 1.88 bits per heavy atom. The summed E-state index contributed by atoms with van der Waals surface area (Å²) in [6.07, 6.45) is -1.12. The molecule has 0 aromatic heterocycles. The molecule has 2 rings (SSSR count). The number of thioether (sulfide) groups is 1. The molecule has 4 nitrogen and oxygen atoms in total. The number of amidine groups is 1. The van der Waals surface area contributed by atoms with Crippen molar-refractivity contribution in [2.24, 2.45) is 4.99 Å². The first-order valence-electron chi connectivity index (χ1n) is 6.65. The number of nitrogens with one attached hydrogen (secondary N) is 1. The Kier molecular flexibility index (Phi) is 5.71. The van der Waals surface area contributed by atoms with Crippen LogP contribution in [0.2, 0.25) is 0 Å². The van der Waals surface area contributed by atoms with E-state index in [1.54, 1.807) is 30.6 Å². The number of halogens is 3. The van der Waals surface area contributed by atoms with Crippen LogP contribution in [0.1, 0.15) is 0 Å². The van der Waals surface area contributed by atoms with Gasteiger partial charge in [-0.2, -0.15) is 5.26 Å². The molecule has 0 saturated carbocycles. The van der Waals surface area contributed by atoms with Crippen LogP contribution >= 0.6 is 11.8 Å². The number of rotatable bonds is 3. The first-order valence-corrected chi connectivity index (χ1v) is 7.88. The van der Waals surface area contributed by atoms with Crippen molar-refractivity contribution in [1.29, 1.82) is 5.26 Å². The van der Waals surface area contributed by atoms with Crippen LogP contribution in [0.5, 0.6) is 5.75 Å². The first-order chi connectivity index (χ1) is 11.4. The Hall–Kier alpha value is -2.66. The molecule has 0 amide bonds. The fraction of sp³-hybridized carbons (Fsp3) is 0.125. The van der Waals surface area contributed by atoms with Gasteiger partial charge in [0.2, 0.25) is 0 Å². The second-order valence-electron chi connectivity index (χ2n) is 4.48. The lowest BCUT2D eigenvalue weighted by Gasteiger charge is -2.09. The van der Waals surface area contributed by atoms with Crippen LogP contribution in [0.4, 0.5) is 18.9 Å². The Labute approximate surface area is 141 Å². The van der Waals surface area contributed by atoms with E-state index in [4.69, 9.17) is 5.26 Å². The lowest BCUT2D eigenvalue weighted by molar-refractivity contribution is -0.274. The van der Waals surface area contributed by atoms with Crippen molar-refractivity contribution in [3.05, 3.63) is 48.5 Å². The normalized spacial score (nSPS) is 11.7. The monoisotopic (exact) mass is 351 g/mol. The van der Waals surface area contributed by atoms with Crippen molar-refractivity contribution in [3.63, 3.8) is 0 Å². The number of ether oxygens (including phenoxy) is 1. The zero-order valence-corrected chi connectivity index (χ0v) is 13.3. The number of alkyl halides is 3. The molecule has 8 heteroatoms. The van der Waals surface area contributed by atoms with E-state index in [0.717, 1.165) is 11.1 Å². The van der Waals surface area contributed by atoms with Crippen LogP contribution < -0.4 is 10.1 Å². The maximum Gasteiger partial charge on any atom is 0.573 e. The molecule has 0 atom stereocenters. The van der Waals surface area contributed by atoms with E-state index in [-0.39, 0.29) is 5.75 Å². The maximum atomic E-state index is 12.2. The van der Waals surface area contributed by atoms with Gasteiger partial charge in [-0.3, -0.25) is 5.32 Å². The van der Waals surface area contributed by atoms with Crippen molar-refractivity contribution in [2.75, 3.05) is 6.26 Å². The molecule has 0 bridgehead atoms. The van der Waals surface area contributed by atoms with Gasteiger partial charge in [0.05, 0.1) is 5.69 Å². The average Bonchev–Trinajstić information content (AvgIpc) is 2.54. The molecule has 0 unspecified atom stereocenters. The minimum absolute atomic E-state index is 0.275. The van der Waals surface area contributed by atoms with Gasteiger partial charge in [-0.15, -0.1) is 13.2 Å². The average molecular weight is 351 g/mol. The topological polar surface area (TPSA) is 57.4 Å². The highest BCUT2D eigenvalue weighted by Crippen LogP contribution is 2.28. The molecule has 0 fully saturated rings. The van der Waals surface area contributed by atoms with Gasteiger partial charge in [-0.25, -0.2) is 4.99 Å². The van der Waals surface area contributed by atoms with Crippen LogP contribution in [0.25, 0.3) is 11.1 Å². The van der Waals surface area contributed by atoms with Crippen LogP contribution in [-0.4, -0.2) is 17.8 Å². The Balaban J connectivity index is 2.24. The summed E-state index contributed by atoms with van der Waals surface area (Å²) in [6.45, 7) is 0.